The van der Waals surface area contributed by atoms with Crippen LogP contribution in [0.25, 0.3) is 0 Å². The van der Waals surface area contributed by atoms with Crippen molar-refractivity contribution in [1.29, 1.82) is 0 Å². The van der Waals surface area contributed by atoms with Gasteiger partial charge in [0, 0.05) is 19.5 Å². The first kappa shape index (κ1) is 26.2. The minimum absolute atomic E-state index is 0. The summed E-state index contributed by atoms with van der Waals surface area (Å²) in [5.41, 5.74) is 2.57. The Hall–Kier alpha value is -0.810. The maximum atomic E-state index is 12.4. The molecule has 2 N–H and O–H groups in total. The number of rotatable bonds is 7. The van der Waals surface area contributed by atoms with E-state index in [4.69, 9.17) is 0 Å². The van der Waals surface area contributed by atoms with Crippen molar-refractivity contribution in [2.45, 2.75) is 59.0 Å². The molecular weight excluding hydrogens is 405 g/mol. The van der Waals surface area contributed by atoms with E-state index in [0.29, 0.717) is 24.8 Å². The highest BCUT2D eigenvalue weighted by Crippen LogP contribution is 2.24. The van der Waals surface area contributed by atoms with Gasteiger partial charge < -0.3 is 10.6 Å². The first-order chi connectivity index (χ1) is 13.1. The van der Waals surface area contributed by atoms with Crippen molar-refractivity contribution in [2.24, 2.45) is 17.8 Å². The second-order valence-corrected chi connectivity index (χ2v) is 8.82. The predicted octanol–water partition coefficient (Wildman–Crippen LogP) is 4.40. The molecule has 166 valence electrons. The highest BCUT2D eigenvalue weighted by molar-refractivity contribution is 5.85. The molecule has 1 aromatic carbocycles. The summed E-state index contributed by atoms with van der Waals surface area (Å²) in [6.45, 7) is 10.9. The second kappa shape index (κ2) is 13.5. The molecule has 1 amide bonds. The maximum Gasteiger partial charge on any atom is 0.220 e. The van der Waals surface area contributed by atoms with E-state index < -0.39 is 0 Å². The first-order valence-electron chi connectivity index (χ1n) is 10.9. The molecule has 2 saturated heterocycles. The largest absolute Gasteiger partial charge is 0.352 e. The van der Waals surface area contributed by atoms with Crippen molar-refractivity contribution in [3.63, 3.8) is 0 Å². The van der Waals surface area contributed by atoms with Gasteiger partial charge in [-0.15, -0.1) is 24.8 Å². The van der Waals surface area contributed by atoms with Gasteiger partial charge in [-0.2, -0.15) is 0 Å². The Kier molecular flexibility index (Phi) is 12.2. The number of carbonyl (C=O) groups excluding carboxylic acids is 1. The van der Waals surface area contributed by atoms with Gasteiger partial charge in [-0.25, -0.2) is 0 Å². The van der Waals surface area contributed by atoms with Crippen LogP contribution < -0.4 is 10.6 Å². The van der Waals surface area contributed by atoms with Crippen LogP contribution in [0, 0.1) is 17.8 Å². The number of amides is 1. The molecule has 3 rings (SSSR count). The number of likely N-dealkylation sites (tertiary alicyclic amines) is 1. The second-order valence-electron chi connectivity index (χ2n) is 8.82. The van der Waals surface area contributed by atoms with E-state index in [2.05, 4.69) is 53.6 Å². The minimum Gasteiger partial charge on any atom is -0.352 e. The van der Waals surface area contributed by atoms with E-state index in [1.54, 1.807) is 0 Å². The molecule has 2 aliphatic rings. The van der Waals surface area contributed by atoms with Gasteiger partial charge in [-0.3, -0.25) is 9.69 Å². The molecule has 0 spiro atoms. The molecule has 6 heteroatoms. The maximum absolute atomic E-state index is 12.4. The number of carbonyl (C=O) groups is 1. The number of hydrogen-bond acceptors (Lipinski definition) is 3. The molecule has 2 heterocycles. The predicted molar refractivity (Wildman–Crippen MR) is 126 cm³/mol. The summed E-state index contributed by atoms with van der Waals surface area (Å²) in [6, 6.07) is 8.72. The van der Waals surface area contributed by atoms with Crippen LogP contribution in [0.2, 0.25) is 0 Å². The number of halogens is 2. The fourth-order valence-corrected chi connectivity index (χ4v) is 4.46. The molecule has 4 nitrogen and oxygen atoms in total. The highest BCUT2D eigenvalue weighted by Gasteiger charge is 2.22. The van der Waals surface area contributed by atoms with Gasteiger partial charge in [-0.05, 0) is 80.7 Å². The molecule has 0 aromatic heterocycles. The fourth-order valence-electron chi connectivity index (χ4n) is 4.46. The van der Waals surface area contributed by atoms with Crippen molar-refractivity contribution in [3.05, 3.63) is 35.4 Å². The van der Waals surface area contributed by atoms with Gasteiger partial charge in [-0.1, -0.05) is 38.1 Å². The lowest BCUT2D eigenvalue weighted by Gasteiger charge is -2.30. The number of hydrogen-bond donors (Lipinski definition) is 2. The third-order valence-corrected chi connectivity index (χ3v) is 6.46. The van der Waals surface area contributed by atoms with Gasteiger partial charge in [0.05, 0.1) is 0 Å². The summed E-state index contributed by atoms with van der Waals surface area (Å²) in [5.74, 6) is 2.22. The molecular formula is C23H39Cl2N3O. The van der Waals surface area contributed by atoms with Gasteiger partial charge in [0.2, 0.25) is 5.91 Å². The SMILES string of the molecule is CC1CCN(Cc2cccc(CNC(=O)CC(C)C3CCNCC3)c2)CC1.Cl.Cl. The molecule has 1 unspecified atom stereocenters. The Labute approximate surface area is 189 Å². The van der Waals surface area contributed by atoms with Crippen LogP contribution in [0.5, 0.6) is 0 Å². The van der Waals surface area contributed by atoms with Gasteiger partial charge in [0.15, 0.2) is 0 Å². The fraction of sp³-hybridized carbons (Fsp3) is 0.696. The lowest BCUT2D eigenvalue weighted by atomic mass is 9.84. The zero-order chi connectivity index (χ0) is 19.1. The Morgan fingerprint density at radius 1 is 1.14 bits per heavy atom. The first-order valence-corrected chi connectivity index (χ1v) is 10.9. The van der Waals surface area contributed by atoms with Crippen LogP contribution >= 0.6 is 24.8 Å². The van der Waals surface area contributed by atoms with Crippen LogP contribution in [-0.4, -0.2) is 37.0 Å². The summed E-state index contributed by atoms with van der Waals surface area (Å²) in [4.78, 5) is 14.9. The van der Waals surface area contributed by atoms with E-state index in [9.17, 15) is 4.79 Å². The lowest BCUT2D eigenvalue weighted by molar-refractivity contribution is -0.122. The van der Waals surface area contributed by atoms with Gasteiger partial charge >= 0.3 is 0 Å². The molecule has 0 aliphatic carbocycles. The average molecular weight is 444 g/mol. The zero-order valence-corrected chi connectivity index (χ0v) is 19.6. The molecule has 0 bridgehead atoms. The summed E-state index contributed by atoms with van der Waals surface area (Å²) in [6.07, 6.45) is 5.67. The van der Waals surface area contributed by atoms with Crippen LogP contribution in [0.3, 0.4) is 0 Å². The van der Waals surface area contributed by atoms with Crippen molar-refractivity contribution in [3.8, 4) is 0 Å². The third-order valence-electron chi connectivity index (χ3n) is 6.46. The minimum atomic E-state index is 0. The third kappa shape index (κ3) is 8.84. The monoisotopic (exact) mass is 443 g/mol. The topological polar surface area (TPSA) is 44.4 Å². The Morgan fingerprint density at radius 2 is 1.79 bits per heavy atom. The quantitative estimate of drug-likeness (QED) is 0.655. The van der Waals surface area contributed by atoms with Crippen LogP contribution in [-0.2, 0) is 17.9 Å². The summed E-state index contributed by atoms with van der Waals surface area (Å²) in [5, 5.41) is 6.54. The van der Waals surface area contributed by atoms with E-state index in [0.717, 1.165) is 25.6 Å². The average Bonchev–Trinajstić information content (AvgIpc) is 2.69. The van der Waals surface area contributed by atoms with Gasteiger partial charge in [0.25, 0.3) is 0 Å². The molecule has 29 heavy (non-hydrogen) atoms. The lowest BCUT2D eigenvalue weighted by Crippen LogP contribution is -2.33. The molecule has 1 aromatic rings. The van der Waals surface area contributed by atoms with Crippen LogP contribution in [0.1, 0.15) is 57.1 Å². The normalized spacial score (nSPS) is 19.7. The number of nitrogens with one attached hydrogen (secondary N) is 2. The molecule has 2 aliphatic heterocycles. The van der Waals surface area contributed by atoms with E-state index in [-0.39, 0.29) is 30.7 Å². The molecule has 1 atom stereocenters. The van der Waals surface area contributed by atoms with Gasteiger partial charge in [0.1, 0.15) is 0 Å². The van der Waals surface area contributed by atoms with E-state index >= 15 is 0 Å². The number of benzene rings is 1. The summed E-state index contributed by atoms with van der Waals surface area (Å²) < 4.78 is 0. The summed E-state index contributed by atoms with van der Waals surface area (Å²) in [7, 11) is 0. The number of piperidine rings is 2. The van der Waals surface area contributed by atoms with Crippen molar-refractivity contribution >= 4 is 30.7 Å². The zero-order valence-electron chi connectivity index (χ0n) is 18.0. The van der Waals surface area contributed by atoms with Crippen LogP contribution in [0.15, 0.2) is 24.3 Å². The Bertz CT molecular complexity index is 600. The van der Waals surface area contributed by atoms with E-state index in [1.807, 2.05) is 0 Å². The Morgan fingerprint density at radius 3 is 2.48 bits per heavy atom. The molecule has 0 saturated carbocycles. The van der Waals surface area contributed by atoms with Crippen molar-refractivity contribution in [1.82, 2.24) is 15.5 Å². The summed E-state index contributed by atoms with van der Waals surface area (Å²) >= 11 is 0. The van der Waals surface area contributed by atoms with E-state index in [1.165, 1.54) is 49.9 Å². The molecule has 2 fully saturated rings. The smallest absolute Gasteiger partial charge is 0.220 e. The Balaban J connectivity index is 0.00000210. The molecule has 0 radical (unpaired) electrons. The standard InChI is InChI=1S/C23H37N3O.2ClH/c1-18-8-12-26(13-9-18)17-21-5-3-4-20(15-21)16-25-23(27)14-19(2)22-6-10-24-11-7-22;;/h3-5,15,18-19,22,24H,6-14,16-17H2,1-2H3,(H,25,27);2*1H. The highest BCUT2D eigenvalue weighted by atomic mass is 35.5. The van der Waals surface area contributed by atoms with Crippen molar-refractivity contribution in [2.75, 3.05) is 26.2 Å². The van der Waals surface area contributed by atoms with Crippen molar-refractivity contribution < 1.29 is 4.79 Å². The van der Waals surface area contributed by atoms with Crippen LogP contribution in [0.4, 0.5) is 0 Å². The number of nitrogens with zero attached hydrogens (tertiary/aromatic N) is 1.